The zero-order chi connectivity index (χ0) is 24.3. The second-order valence-electron chi connectivity index (χ2n) is 8.07. The van der Waals surface area contributed by atoms with Crippen molar-refractivity contribution in [1.82, 2.24) is 20.4 Å². The largest absolute Gasteiger partial charge is 0.493 e. The van der Waals surface area contributed by atoms with Crippen LogP contribution in [-0.2, 0) is 4.79 Å². The van der Waals surface area contributed by atoms with Gasteiger partial charge in [-0.2, -0.15) is 0 Å². The number of hydrogen-bond acceptors (Lipinski definition) is 5. The van der Waals surface area contributed by atoms with Gasteiger partial charge in [-0.05, 0) is 38.0 Å². The van der Waals surface area contributed by atoms with Crippen LogP contribution in [0.3, 0.4) is 0 Å². The Bertz CT molecular complexity index is 1180. The Kier molecular flexibility index (Phi) is 7.15. The molecule has 3 aromatic rings. The first-order valence-corrected chi connectivity index (χ1v) is 10.4. The van der Waals surface area contributed by atoms with Gasteiger partial charge in [-0.3, -0.25) is 20.4 Å². The molecule has 1 atom stereocenters. The Hall–Kier alpha value is -3.69. The van der Waals surface area contributed by atoms with Gasteiger partial charge in [0.25, 0.3) is 11.8 Å². The first-order chi connectivity index (χ1) is 15.6. The van der Waals surface area contributed by atoms with Crippen molar-refractivity contribution in [1.29, 1.82) is 0 Å². The van der Waals surface area contributed by atoms with E-state index in [4.69, 9.17) is 9.47 Å². The molecule has 8 nitrogen and oxygen atoms in total. The average Bonchev–Trinajstić information content (AvgIpc) is 3.14. The number of carbonyl (C=O) groups excluding carboxylic acids is 2. The number of benzene rings is 2. The SMILES string of the molecule is COc1cc(C(=O)NNC(=O)C(C(C)C)n2cnc3cc(F)c(F)cc32)ccc1OC(C)C. The van der Waals surface area contributed by atoms with Crippen molar-refractivity contribution in [2.24, 2.45) is 5.92 Å². The Balaban J connectivity index is 1.77. The third-order valence-electron chi connectivity index (χ3n) is 4.90. The lowest BCUT2D eigenvalue weighted by molar-refractivity contribution is -0.126. The standard InChI is InChI=1S/C23H26F2N4O4/c1-12(2)21(29-11-26-17-9-15(24)16(25)10-18(17)29)23(31)28-27-22(30)14-6-7-19(33-13(3)4)20(8-14)32-5/h6-13,21H,1-5H3,(H,27,30)(H,28,31). The van der Waals surface area contributed by atoms with Crippen LogP contribution in [0.2, 0.25) is 0 Å². The van der Waals surface area contributed by atoms with E-state index in [1.807, 2.05) is 13.8 Å². The van der Waals surface area contributed by atoms with Crippen LogP contribution < -0.4 is 20.3 Å². The first kappa shape index (κ1) is 24.0. The van der Waals surface area contributed by atoms with E-state index in [0.29, 0.717) is 11.5 Å². The highest BCUT2D eigenvalue weighted by atomic mass is 19.2. The summed E-state index contributed by atoms with van der Waals surface area (Å²) < 4.78 is 39.7. The molecule has 0 fully saturated rings. The summed E-state index contributed by atoms with van der Waals surface area (Å²) in [5.41, 5.74) is 5.50. The van der Waals surface area contributed by atoms with Gasteiger partial charge < -0.3 is 14.0 Å². The normalized spacial score (nSPS) is 12.2. The number of amides is 2. The Labute approximate surface area is 189 Å². The molecule has 33 heavy (non-hydrogen) atoms. The van der Waals surface area contributed by atoms with E-state index in [2.05, 4.69) is 15.8 Å². The van der Waals surface area contributed by atoms with Crippen LogP contribution in [0, 0.1) is 17.6 Å². The number of nitrogens with zero attached hydrogens (tertiary/aromatic N) is 2. The van der Waals surface area contributed by atoms with Crippen LogP contribution >= 0.6 is 0 Å². The summed E-state index contributed by atoms with van der Waals surface area (Å²) in [4.78, 5) is 29.6. The molecule has 2 N–H and O–H groups in total. The van der Waals surface area contributed by atoms with Crippen molar-refractivity contribution in [2.75, 3.05) is 7.11 Å². The summed E-state index contributed by atoms with van der Waals surface area (Å²) in [6, 6.07) is 5.78. The van der Waals surface area contributed by atoms with Crippen molar-refractivity contribution in [3.05, 3.63) is 53.9 Å². The number of halogens is 2. The molecule has 0 radical (unpaired) electrons. The summed E-state index contributed by atoms with van der Waals surface area (Å²) in [5, 5.41) is 0. The predicted molar refractivity (Wildman–Crippen MR) is 118 cm³/mol. The quantitative estimate of drug-likeness (QED) is 0.524. The van der Waals surface area contributed by atoms with Crippen LogP contribution in [0.1, 0.15) is 44.1 Å². The average molecular weight is 460 g/mol. The Morgan fingerprint density at radius 2 is 1.70 bits per heavy atom. The first-order valence-electron chi connectivity index (χ1n) is 10.4. The predicted octanol–water partition coefficient (Wildman–Crippen LogP) is 3.77. The van der Waals surface area contributed by atoms with Crippen LogP contribution in [0.15, 0.2) is 36.7 Å². The molecule has 1 aromatic heterocycles. The van der Waals surface area contributed by atoms with Gasteiger partial charge in [-0.1, -0.05) is 13.8 Å². The number of imidazole rings is 1. The monoisotopic (exact) mass is 460 g/mol. The van der Waals surface area contributed by atoms with E-state index in [0.717, 1.165) is 12.1 Å². The lowest BCUT2D eigenvalue weighted by Crippen LogP contribution is -2.46. The fraction of sp³-hybridized carbons (Fsp3) is 0.348. The lowest BCUT2D eigenvalue weighted by Gasteiger charge is -2.22. The smallest absolute Gasteiger partial charge is 0.269 e. The highest BCUT2D eigenvalue weighted by molar-refractivity contribution is 5.96. The molecule has 0 saturated carbocycles. The van der Waals surface area contributed by atoms with Crippen molar-refractivity contribution in [3.8, 4) is 11.5 Å². The van der Waals surface area contributed by atoms with Gasteiger partial charge >= 0.3 is 0 Å². The maximum absolute atomic E-state index is 13.8. The summed E-state index contributed by atoms with van der Waals surface area (Å²) in [6.45, 7) is 7.32. The molecule has 3 rings (SSSR count). The van der Waals surface area contributed by atoms with Crippen LogP contribution in [0.5, 0.6) is 11.5 Å². The molecule has 0 aliphatic carbocycles. The summed E-state index contributed by atoms with van der Waals surface area (Å²) >= 11 is 0. The molecule has 0 aliphatic rings. The van der Waals surface area contributed by atoms with E-state index in [9.17, 15) is 18.4 Å². The number of carbonyl (C=O) groups is 2. The number of rotatable bonds is 7. The maximum Gasteiger partial charge on any atom is 0.269 e. The zero-order valence-electron chi connectivity index (χ0n) is 19.0. The molecule has 176 valence electrons. The minimum Gasteiger partial charge on any atom is -0.493 e. The third kappa shape index (κ3) is 5.21. The molecule has 0 bridgehead atoms. The molecular weight excluding hydrogens is 434 g/mol. The third-order valence-corrected chi connectivity index (χ3v) is 4.90. The highest BCUT2D eigenvalue weighted by Gasteiger charge is 2.27. The number of nitrogens with one attached hydrogen (secondary N) is 2. The van der Waals surface area contributed by atoms with Crippen molar-refractivity contribution < 1.29 is 27.8 Å². The van der Waals surface area contributed by atoms with Crippen LogP contribution in [0.4, 0.5) is 8.78 Å². The Morgan fingerprint density at radius 3 is 2.33 bits per heavy atom. The van der Waals surface area contributed by atoms with Gasteiger partial charge in [0.15, 0.2) is 23.1 Å². The van der Waals surface area contributed by atoms with Gasteiger partial charge in [0, 0.05) is 17.7 Å². The fourth-order valence-corrected chi connectivity index (χ4v) is 3.42. The van der Waals surface area contributed by atoms with Crippen LogP contribution in [0.25, 0.3) is 11.0 Å². The molecule has 2 aromatic carbocycles. The van der Waals surface area contributed by atoms with E-state index >= 15 is 0 Å². The molecule has 2 amide bonds. The Morgan fingerprint density at radius 1 is 1.00 bits per heavy atom. The number of hydrogen-bond donors (Lipinski definition) is 2. The minimum absolute atomic E-state index is 0.0740. The molecule has 1 heterocycles. The van der Waals surface area contributed by atoms with Gasteiger partial charge in [-0.15, -0.1) is 0 Å². The van der Waals surface area contributed by atoms with Crippen LogP contribution in [-0.4, -0.2) is 34.6 Å². The zero-order valence-corrected chi connectivity index (χ0v) is 19.0. The number of methoxy groups -OCH3 is 1. The molecule has 0 saturated heterocycles. The topological polar surface area (TPSA) is 94.5 Å². The van der Waals surface area contributed by atoms with Crippen molar-refractivity contribution >= 4 is 22.8 Å². The van der Waals surface area contributed by atoms with Gasteiger partial charge in [0.1, 0.15) is 6.04 Å². The van der Waals surface area contributed by atoms with E-state index in [1.54, 1.807) is 26.0 Å². The van der Waals surface area contributed by atoms with E-state index < -0.39 is 29.5 Å². The fourth-order valence-electron chi connectivity index (χ4n) is 3.42. The molecule has 10 heteroatoms. The van der Waals surface area contributed by atoms with Crippen molar-refractivity contribution in [3.63, 3.8) is 0 Å². The van der Waals surface area contributed by atoms with Gasteiger partial charge in [0.05, 0.1) is 30.6 Å². The second-order valence-corrected chi connectivity index (χ2v) is 8.07. The summed E-state index contributed by atoms with van der Waals surface area (Å²) in [7, 11) is 1.46. The van der Waals surface area contributed by atoms with Gasteiger partial charge in [-0.25, -0.2) is 13.8 Å². The number of aromatic nitrogens is 2. The molecule has 1 unspecified atom stereocenters. The molecular formula is C23H26F2N4O4. The minimum atomic E-state index is -1.04. The van der Waals surface area contributed by atoms with E-state index in [-0.39, 0.29) is 28.6 Å². The molecule has 0 aliphatic heterocycles. The maximum atomic E-state index is 13.8. The van der Waals surface area contributed by atoms with E-state index in [1.165, 1.54) is 24.1 Å². The second kappa shape index (κ2) is 9.85. The van der Waals surface area contributed by atoms with Gasteiger partial charge in [0.2, 0.25) is 0 Å². The summed E-state index contributed by atoms with van der Waals surface area (Å²) in [5.74, 6) is -2.56. The lowest BCUT2D eigenvalue weighted by atomic mass is 10.0. The number of hydrazine groups is 1. The summed E-state index contributed by atoms with van der Waals surface area (Å²) in [6.07, 6.45) is 1.27. The number of fused-ring (bicyclic) bond motifs is 1. The number of ether oxygens (including phenoxy) is 2. The highest BCUT2D eigenvalue weighted by Crippen LogP contribution is 2.29. The van der Waals surface area contributed by atoms with Crippen molar-refractivity contribution in [2.45, 2.75) is 39.8 Å². The molecule has 0 spiro atoms.